The first-order valence-electron chi connectivity index (χ1n) is 6.97. The van der Waals surface area contributed by atoms with Crippen molar-refractivity contribution in [3.63, 3.8) is 0 Å². The first-order chi connectivity index (χ1) is 9.45. The zero-order valence-electron chi connectivity index (χ0n) is 12.3. The molecule has 1 aromatic carbocycles. The highest BCUT2D eigenvalue weighted by molar-refractivity contribution is 5.97. The van der Waals surface area contributed by atoms with Crippen LogP contribution in [0.2, 0.25) is 0 Å². The molecule has 1 fully saturated rings. The van der Waals surface area contributed by atoms with Crippen molar-refractivity contribution >= 4 is 11.6 Å². The molecule has 1 saturated heterocycles. The van der Waals surface area contributed by atoms with Crippen molar-refractivity contribution in [2.75, 3.05) is 18.5 Å². The van der Waals surface area contributed by atoms with E-state index in [1.54, 1.807) is 30.1 Å². The van der Waals surface area contributed by atoms with Crippen molar-refractivity contribution in [3.8, 4) is 6.07 Å². The maximum atomic E-state index is 12.7. The van der Waals surface area contributed by atoms with Gasteiger partial charge >= 0.3 is 0 Å². The van der Waals surface area contributed by atoms with Crippen LogP contribution in [-0.4, -0.2) is 25.5 Å². The molecule has 1 aromatic rings. The molecule has 0 radical (unpaired) electrons. The topological polar surface area (TPSA) is 56.1 Å². The van der Waals surface area contributed by atoms with Gasteiger partial charge in [-0.15, -0.1) is 0 Å². The third-order valence-corrected chi connectivity index (χ3v) is 4.07. The van der Waals surface area contributed by atoms with Crippen molar-refractivity contribution in [3.05, 3.63) is 29.8 Å². The average Bonchev–Trinajstić information content (AvgIpc) is 2.45. The van der Waals surface area contributed by atoms with Crippen molar-refractivity contribution in [2.24, 2.45) is 5.41 Å². The third-order valence-electron chi connectivity index (χ3n) is 4.07. The molecule has 0 spiro atoms. The minimum Gasteiger partial charge on any atom is -0.314 e. The lowest BCUT2D eigenvalue weighted by Gasteiger charge is -2.40. The summed E-state index contributed by atoms with van der Waals surface area (Å²) in [5.74, 6) is 0.0600. The third kappa shape index (κ3) is 2.83. The van der Waals surface area contributed by atoms with Crippen LogP contribution in [-0.2, 0) is 4.79 Å². The van der Waals surface area contributed by atoms with Gasteiger partial charge in [-0.2, -0.15) is 5.26 Å². The van der Waals surface area contributed by atoms with Crippen LogP contribution < -0.4 is 10.2 Å². The van der Waals surface area contributed by atoms with Crippen LogP contribution in [0, 0.1) is 16.7 Å². The van der Waals surface area contributed by atoms with Gasteiger partial charge in [-0.05, 0) is 43.0 Å². The van der Waals surface area contributed by atoms with E-state index in [2.05, 4.69) is 25.2 Å². The number of amides is 1. The van der Waals surface area contributed by atoms with E-state index in [-0.39, 0.29) is 17.4 Å². The van der Waals surface area contributed by atoms with E-state index < -0.39 is 0 Å². The fourth-order valence-electron chi connectivity index (χ4n) is 2.74. The number of carbonyl (C=O) groups excluding carboxylic acids is 1. The number of rotatable bonds is 2. The Balaban J connectivity index is 2.21. The first-order valence-corrected chi connectivity index (χ1v) is 6.97. The normalized spacial score (nSPS) is 21.0. The number of nitrogens with zero attached hydrogens (tertiary/aromatic N) is 2. The summed E-state index contributed by atoms with van der Waals surface area (Å²) in [5.41, 5.74) is 1.28. The smallest absolute Gasteiger partial charge is 0.244 e. The van der Waals surface area contributed by atoms with Gasteiger partial charge in [0.2, 0.25) is 5.91 Å². The number of nitriles is 1. The molecule has 1 aliphatic rings. The lowest BCUT2D eigenvalue weighted by Crippen LogP contribution is -2.56. The van der Waals surface area contributed by atoms with Gasteiger partial charge in [-0.1, -0.05) is 19.9 Å². The maximum absolute atomic E-state index is 12.7. The Hall–Kier alpha value is -1.86. The molecule has 1 aliphatic heterocycles. The second kappa shape index (κ2) is 5.64. The second-order valence-electron chi connectivity index (χ2n) is 6.04. The van der Waals surface area contributed by atoms with E-state index >= 15 is 0 Å². The van der Waals surface area contributed by atoms with Crippen LogP contribution in [0.3, 0.4) is 0 Å². The maximum Gasteiger partial charge on any atom is 0.244 e. The van der Waals surface area contributed by atoms with E-state index in [1.807, 2.05) is 6.07 Å². The molecule has 4 nitrogen and oxygen atoms in total. The van der Waals surface area contributed by atoms with Gasteiger partial charge in [0.05, 0.1) is 17.7 Å². The van der Waals surface area contributed by atoms with Gasteiger partial charge in [0.1, 0.15) is 0 Å². The molecule has 1 unspecified atom stereocenters. The number of hydrogen-bond acceptors (Lipinski definition) is 3. The number of likely N-dealkylation sites (N-methyl/N-ethyl adjacent to an activating group) is 1. The molecule has 4 heteroatoms. The van der Waals surface area contributed by atoms with Gasteiger partial charge in [0.25, 0.3) is 0 Å². The minimum absolute atomic E-state index is 0.0452. The van der Waals surface area contributed by atoms with Gasteiger partial charge in [-0.25, -0.2) is 0 Å². The van der Waals surface area contributed by atoms with E-state index in [0.29, 0.717) is 5.56 Å². The van der Waals surface area contributed by atoms with E-state index in [4.69, 9.17) is 5.26 Å². The highest BCUT2D eigenvalue weighted by atomic mass is 16.2. The molecule has 0 aromatic heterocycles. The van der Waals surface area contributed by atoms with Crippen LogP contribution in [0.15, 0.2) is 24.3 Å². The Morgan fingerprint density at radius 1 is 1.50 bits per heavy atom. The van der Waals surface area contributed by atoms with Crippen molar-refractivity contribution in [1.82, 2.24) is 5.32 Å². The highest BCUT2D eigenvalue weighted by Gasteiger charge is 2.38. The molecular weight excluding hydrogens is 250 g/mol. The van der Waals surface area contributed by atoms with Crippen LogP contribution in [0.5, 0.6) is 0 Å². The summed E-state index contributed by atoms with van der Waals surface area (Å²) in [4.78, 5) is 14.3. The first kappa shape index (κ1) is 14.5. The molecule has 2 rings (SSSR count). The number of anilines is 1. The lowest BCUT2D eigenvalue weighted by atomic mass is 9.77. The fourth-order valence-corrected chi connectivity index (χ4v) is 2.74. The molecule has 0 aliphatic carbocycles. The van der Waals surface area contributed by atoms with Gasteiger partial charge < -0.3 is 10.2 Å². The number of benzene rings is 1. The average molecular weight is 271 g/mol. The number of nitrogens with one attached hydrogen (secondary N) is 1. The summed E-state index contributed by atoms with van der Waals surface area (Å²) in [6.45, 7) is 5.13. The van der Waals surface area contributed by atoms with Crippen LogP contribution in [0.25, 0.3) is 0 Å². The quantitative estimate of drug-likeness (QED) is 0.898. The molecule has 0 bridgehead atoms. The molecule has 1 amide bonds. The number of piperidine rings is 1. The predicted molar refractivity (Wildman–Crippen MR) is 79.4 cm³/mol. The second-order valence-corrected chi connectivity index (χ2v) is 6.04. The molecule has 1 atom stereocenters. The summed E-state index contributed by atoms with van der Waals surface area (Å²) in [6, 6.07) is 9.07. The molecule has 20 heavy (non-hydrogen) atoms. The summed E-state index contributed by atoms with van der Waals surface area (Å²) in [5, 5.41) is 12.3. The van der Waals surface area contributed by atoms with Crippen LogP contribution in [0.4, 0.5) is 5.69 Å². The van der Waals surface area contributed by atoms with Gasteiger partial charge in [-0.3, -0.25) is 4.79 Å². The monoisotopic (exact) mass is 271 g/mol. The Morgan fingerprint density at radius 2 is 2.25 bits per heavy atom. The number of hydrogen-bond donors (Lipinski definition) is 1. The van der Waals surface area contributed by atoms with E-state index in [0.717, 1.165) is 25.1 Å². The lowest BCUT2D eigenvalue weighted by molar-refractivity contribution is -0.123. The standard InChI is InChI=1S/C16H21N3O/c1-16(2)8-5-9-18-14(16)15(20)19(3)13-7-4-6-12(10-13)11-17/h4,6-7,10,14,18H,5,8-9H2,1-3H3. The van der Waals surface area contributed by atoms with Crippen LogP contribution in [0.1, 0.15) is 32.3 Å². The molecular formula is C16H21N3O. The Morgan fingerprint density at radius 3 is 2.90 bits per heavy atom. The zero-order valence-corrected chi connectivity index (χ0v) is 12.3. The summed E-state index contributed by atoms with van der Waals surface area (Å²) in [7, 11) is 1.77. The summed E-state index contributed by atoms with van der Waals surface area (Å²) < 4.78 is 0. The van der Waals surface area contributed by atoms with Crippen molar-refractivity contribution in [1.29, 1.82) is 5.26 Å². The molecule has 106 valence electrons. The van der Waals surface area contributed by atoms with E-state index in [1.165, 1.54) is 0 Å². The van der Waals surface area contributed by atoms with Crippen molar-refractivity contribution in [2.45, 2.75) is 32.7 Å². The molecule has 1 heterocycles. The van der Waals surface area contributed by atoms with Gasteiger partial charge in [0.15, 0.2) is 0 Å². The molecule has 0 saturated carbocycles. The molecule has 1 N–H and O–H groups in total. The van der Waals surface area contributed by atoms with Crippen molar-refractivity contribution < 1.29 is 4.79 Å². The summed E-state index contributed by atoms with van der Waals surface area (Å²) in [6.07, 6.45) is 2.15. The Kier molecular flexibility index (Phi) is 4.10. The Bertz CT molecular complexity index is 545. The Labute approximate surface area is 120 Å². The fraction of sp³-hybridized carbons (Fsp3) is 0.500. The predicted octanol–water partition coefficient (Wildman–Crippen LogP) is 2.30. The minimum atomic E-state index is -0.174. The highest BCUT2D eigenvalue weighted by Crippen LogP contribution is 2.31. The van der Waals surface area contributed by atoms with Crippen LogP contribution >= 0.6 is 0 Å². The largest absolute Gasteiger partial charge is 0.314 e. The SMILES string of the molecule is CN(C(=O)C1NCCCC1(C)C)c1cccc(C#N)c1. The van der Waals surface area contributed by atoms with Gasteiger partial charge in [0, 0.05) is 12.7 Å². The van der Waals surface area contributed by atoms with E-state index in [9.17, 15) is 4.79 Å². The number of carbonyl (C=O) groups is 1. The summed E-state index contributed by atoms with van der Waals surface area (Å²) >= 11 is 0. The zero-order chi connectivity index (χ0) is 14.8.